The van der Waals surface area contributed by atoms with Gasteiger partial charge in [-0.2, -0.15) is 0 Å². The average Bonchev–Trinajstić information content (AvgIpc) is 3.32. The number of cyclic esters (lactones) is 1. The van der Waals surface area contributed by atoms with Gasteiger partial charge < -0.3 is 10.1 Å². The van der Waals surface area contributed by atoms with Crippen LogP contribution in [-0.2, 0) is 28.2 Å². The molecule has 3 fully saturated rings. The molecule has 3 aliphatic rings. The predicted octanol–water partition coefficient (Wildman–Crippen LogP) is 3.13. The van der Waals surface area contributed by atoms with Crippen molar-refractivity contribution in [1.82, 2.24) is 5.32 Å². The van der Waals surface area contributed by atoms with Crippen LogP contribution in [-0.4, -0.2) is 18.2 Å². The molecular formula is C20H19FeNO2+2. The van der Waals surface area contributed by atoms with Gasteiger partial charge in [0.2, 0.25) is 0 Å². The summed E-state index contributed by atoms with van der Waals surface area (Å²) in [6.07, 6.45) is 18.2. The molecule has 1 amide bonds. The molecule has 4 heteroatoms. The summed E-state index contributed by atoms with van der Waals surface area (Å²) in [5.41, 5.74) is 1.20. The van der Waals surface area contributed by atoms with E-state index in [9.17, 15) is 4.79 Å². The number of hydrogen-bond donors (Lipinski definition) is 1. The Balaban J connectivity index is 0.000000300. The van der Waals surface area contributed by atoms with Gasteiger partial charge >= 0.3 is 23.2 Å². The van der Waals surface area contributed by atoms with Crippen LogP contribution in [0.15, 0.2) is 30.3 Å². The number of alkyl carbamates (subject to hydrolysis) is 1. The van der Waals surface area contributed by atoms with E-state index in [4.69, 9.17) is 4.74 Å². The SMILES string of the molecule is O=C1N[C@@H](Cc2ccccc2)[C@H]([C]2[CH][CH][CH][CH]2)O1.[CH]1[CH][CH][CH][CH]1.[Fe+2]. The maximum absolute atomic E-state index is 11.4. The van der Waals surface area contributed by atoms with Crippen molar-refractivity contribution < 1.29 is 26.6 Å². The number of carbonyl (C=O) groups is 1. The predicted molar refractivity (Wildman–Crippen MR) is 89.3 cm³/mol. The van der Waals surface area contributed by atoms with Crippen molar-refractivity contribution in [2.45, 2.75) is 18.6 Å². The molecule has 1 aliphatic heterocycles. The molecule has 2 saturated carbocycles. The van der Waals surface area contributed by atoms with Gasteiger partial charge in [0, 0.05) is 5.92 Å². The van der Waals surface area contributed by atoms with Crippen molar-refractivity contribution in [1.29, 1.82) is 0 Å². The first kappa shape index (κ1) is 19.3. The number of rotatable bonds is 3. The van der Waals surface area contributed by atoms with Crippen LogP contribution >= 0.6 is 0 Å². The first-order valence-electron chi connectivity index (χ1n) is 7.72. The molecule has 2 atom stereocenters. The van der Waals surface area contributed by atoms with Gasteiger partial charge in [0.05, 0.1) is 6.04 Å². The molecule has 1 aromatic rings. The minimum Gasteiger partial charge on any atom is -0.443 e. The molecule has 10 radical (unpaired) electrons. The van der Waals surface area contributed by atoms with E-state index >= 15 is 0 Å². The van der Waals surface area contributed by atoms with Gasteiger partial charge in [-0.3, -0.25) is 0 Å². The summed E-state index contributed by atoms with van der Waals surface area (Å²) in [6.45, 7) is 0. The summed E-state index contributed by atoms with van der Waals surface area (Å²) >= 11 is 0. The van der Waals surface area contributed by atoms with Crippen LogP contribution in [0.5, 0.6) is 0 Å². The summed E-state index contributed by atoms with van der Waals surface area (Å²) in [4.78, 5) is 11.4. The Morgan fingerprint density at radius 1 is 0.875 bits per heavy atom. The average molecular weight is 361 g/mol. The Labute approximate surface area is 156 Å². The Morgan fingerprint density at radius 3 is 2.04 bits per heavy atom. The van der Waals surface area contributed by atoms with Crippen molar-refractivity contribution in [2.24, 2.45) is 0 Å². The van der Waals surface area contributed by atoms with E-state index in [-0.39, 0.29) is 35.3 Å². The number of carbonyl (C=O) groups excluding carboxylic acids is 1. The van der Waals surface area contributed by atoms with Gasteiger partial charge in [0.25, 0.3) is 0 Å². The van der Waals surface area contributed by atoms with Gasteiger partial charge in [-0.1, -0.05) is 30.3 Å². The smallest absolute Gasteiger partial charge is 0.443 e. The fourth-order valence-electron chi connectivity index (χ4n) is 2.68. The van der Waals surface area contributed by atoms with Gasteiger partial charge in [0.15, 0.2) is 0 Å². The van der Waals surface area contributed by atoms with E-state index in [1.807, 2.05) is 76.0 Å². The number of benzene rings is 1. The van der Waals surface area contributed by atoms with Crippen molar-refractivity contribution in [3.05, 3.63) is 99.6 Å². The molecule has 24 heavy (non-hydrogen) atoms. The standard InChI is InChI=1S/C15H14NO2.C5H5.Fe/c17-15-16-13(10-11-6-2-1-3-7-11)14(18-15)12-8-4-5-9-12;1-2-4-5-3-1;/h1-9,13-14H,10H2,(H,16,17);1-5H;/q;;+2/t13-,14-;;/m0../s1. The fourth-order valence-corrected chi connectivity index (χ4v) is 2.68. The van der Waals surface area contributed by atoms with E-state index in [0.717, 1.165) is 12.3 Å². The normalized spacial score (nSPS) is 26.1. The van der Waals surface area contributed by atoms with E-state index < -0.39 is 0 Å². The monoisotopic (exact) mass is 361 g/mol. The van der Waals surface area contributed by atoms with Gasteiger partial charge in [-0.05, 0) is 69.8 Å². The maximum Gasteiger partial charge on any atom is 2.00 e. The minimum absolute atomic E-state index is 0. The molecule has 2 aliphatic carbocycles. The van der Waals surface area contributed by atoms with E-state index in [0.29, 0.717) is 0 Å². The van der Waals surface area contributed by atoms with Crippen LogP contribution in [0.3, 0.4) is 0 Å². The van der Waals surface area contributed by atoms with Gasteiger partial charge in [-0.15, -0.1) is 0 Å². The molecular weight excluding hydrogens is 342 g/mol. The number of nitrogens with one attached hydrogen (secondary N) is 1. The Kier molecular flexibility index (Phi) is 8.14. The molecule has 1 N–H and O–H groups in total. The first-order chi connectivity index (χ1) is 11.3. The summed E-state index contributed by atoms with van der Waals surface area (Å²) in [7, 11) is 0. The van der Waals surface area contributed by atoms with Crippen LogP contribution in [0, 0.1) is 63.7 Å². The third-order valence-corrected chi connectivity index (χ3v) is 3.77. The Morgan fingerprint density at radius 2 is 1.46 bits per heavy atom. The zero-order valence-electron chi connectivity index (χ0n) is 13.1. The van der Waals surface area contributed by atoms with E-state index in [1.54, 1.807) is 0 Å². The second kappa shape index (κ2) is 10.1. The van der Waals surface area contributed by atoms with Crippen molar-refractivity contribution in [3.63, 3.8) is 0 Å². The van der Waals surface area contributed by atoms with Crippen LogP contribution in [0.2, 0.25) is 0 Å². The largest absolute Gasteiger partial charge is 2.00 e. The molecule has 1 saturated heterocycles. The summed E-state index contributed by atoms with van der Waals surface area (Å²) < 4.78 is 5.34. The zero-order valence-corrected chi connectivity index (χ0v) is 14.2. The zero-order chi connectivity index (χ0) is 15.9. The van der Waals surface area contributed by atoms with Crippen LogP contribution < -0.4 is 5.32 Å². The molecule has 1 heterocycles. The fraction of sp³-hybridized carbons (Fsp3) is 0.150. The third kappa shape index (κ3) is 5.53. The summed E-state index contributed by atoms with van der Waals surface area (Å²) in [5, 5.41) is 2.88. The minimum atomic E-state index is -0.331. The molecule has 4 rings (SSSR count). The second-order valence-electron chi connectivity index (χ2n) is 5.45. The summed E-state index contributed by atoms with van der Waals surface area (Å²) in [5.74, 6) is 1.05. The molecule has 0 unspecified atom stereocenters. The topological polar surface area (TPSA) is 38.3 Å². The molecule has 1 aromatic carbocycles. The second-order valence-corrected chi connectivity index (χ2v) is 5.45. The van der Waals surface area contributed by atoms with Crippen LogP contribution in [0.4, 0.5) is 4.79 Å². The number of ether oxygens (including phenoxy) is 1. The number of amides is 1. The van der Waals surface area contributed by atoms with Gasteiger partial charge in [-0.25, -0.2) is 4.79 Å². The number of hydrogen-bond acceptors (Lipinski definition) is 2. The maximum atomic E-state index is 11.4. The van der Waals surface area contributed by atoms with Crippen molar-refractivity contribution in [3.8, 4) is 0 Å². The third-order valence-electron chi connectivity index (χ3n) is 3.77. The van der Waals surface area contributed by atoms with E-state index in [1.165, 1.54) is 5.56 Å². The van der Waals surface area contributed by atoms with Crippen LogP contribution in [0.25, 0.3) is 0 Å². The molecule has 0 spiro atoms. The first-order valence-corrected chi connectivity index (χ1v) is 7.72. The molecule has 0 aromatic heterocycles. The molecule has 122 valence electrons. The van der Waals surface area contributed by atoms with E-state index in [2.05, 4.69) is 17.4 Å². The quantitative estimate of drug-likeness (QED) is 0.841. The summed E-state index contributed by atoms with van der Waals surface area (Å²) in [6, 6.07) is 10.1. The Bertz CT molecular complexity index is 476. The van der Waals surface area contributed by atoms with Crippen molar-refractivity contribution in [2.75, 3.05) is 0 Å². The van der Waals surface area contributed by atoms with Crippen LogP contribution in [0.1, 0.15) is 5.56 Å². The molecule has 3 nitrogen and oxygen atoms in total. The van der Waals surface area contributed by atoms with Crippen molar-refractivity contribution >= 4 is 6.09 Å². The Hall–Kier alpha value is -0.991. The van der Waals surface area contributed by atoms with Gasteiger partial charge in [0.1, 0.15) is 6.10 Å². The molecule has 0 bridgehead atoms.